The predicted molar refractivity (Wildman–Crippen MR) is 71.3 cm³/mol. The van der Waals surface area contributed by atoms with Gasteiger partial charge in [0.25, 0.3) is 0 Å². The molecule has 0 aromatic heterocycles. The number of hydrogen-bond acceptors (Lipinski definition) is 3. The van der Waals surface area contributed by atoms with Crippen molar-refractivity contribution in [3.05, 3.63) is 35.9 Å². The van der Waals surface area contributed by atoms with Gasteiger partial charge in [-0.3, -0.25) is 0 Å². The second kappa shape index (κ2) is 5.99. The van der Waals surface area contributed by atoms with Gasteiger partial charge >= 0.3 is 0 Å². The van der Waals surface area contributed by atoms with Crippen molar-refractivity contribution >= 4 is 0 Å². The van der Waals surface area contributed by atoms with Gasteiger partial charge in [-0.25, -0.2) is 0 Å². The smallest absolute Gasteiger partial charge is 0.0837 e. The van der Waals surface area contributed by atoms with Crippen molar-refractivity contribution in [1.82, 2.24) is 5.32 Å². The third-order valence-electron chi connectivity index (χ3n) is 3.51. The molecule has 0 radical (unpaired) electrons. The summed E-state index contributed by atoms with van der Waals surface area (Å²) in [5.74, 6) is -0.0868. The van der Waals surface area contributed by atoms with E-state index in [9.17, 15) is 5.26 Å². The Labute approximate surface area is 109 Å². The van der Waals surface area contributed by atoms with Gasteiger partial charge in [0.1, 0.15) is 0 Å². The van der Waals surface area contributed by atoms with Crippen LogP contribution >= 0.6 is 0 Å². The molecule has 1 aliphatic heterocycles. The Bertz CT molecular complexity index is 404. The number of nitriles is 1. The molecule has 1 fully saturated rings. The van der Waals surface area contributed by atoms with Gasteiger partial charge in [0, 0.05) is 19.7 Å². The zero-order valence-corrected chi connectivity index (χ0v) is 10.9. The molecule has 3 heteroatoms. The third kappa shape index (κ3) is 3.32. The minimum absolute atomic E-state index is 0.0449. The first-order valence-electron chi connectivity index (χ1n) is 6.53. The second-order valence-corrected chi connectivity index (χ2v) is 5.13. The normalized spacial score (nSPS) is 24.7. The van der Waals surface area contributed by atoms with Crippen molar-refractivity contribution in [1.29, 1.82) is 5.26 Å². The summed E-state index contributed by atoms with van der Waals surface area (Å²) in [6.07, 6.45) is 2.24. The molecule has 1 saturated heterocycles. The van der Waals surface area contributed by atoms with Gasteiger partial charge in [0.05, 0.1) is 17.6 Å². The molecule has 1 N–H and O–H groups in total. The quantitative estimate of drug-likeness (QED) is 0.865. The van der Waals surface area contributed by atoms with Gasteiger partial charge in [-0.05, 0) is 25.3 Å². The summed E-state index contributed by atoms with van der Waals surface area (Å²) in [5.41, 5.74) is 1.03. The zero-order chi connectivity index (χ0) is 12.8. The van der Waals surface area contributed by atoms with E-state index in [0.717, 1.165) is 31.6 Å². The highest BCUT2D eigenvalue weighted by atomic mass is 16.5. The van der Waals surface area contributed by atoms with E-state index in [-0.39, 0.29) is 11.5 Å². The molecule has 0 bridgehead atoms. The Morgan fingerprint density at radius 1 is 1.44 bits per heavy atom. The highest BCUT2D eigenvalue weighted by molar-refractivity contribution is 5.25. The first kappa shape index (κ1) is 13.1. The zero-order valence-electron chi connectivity index (χ0n) is 10.9. The third-order valence-corrected chi connectivity index (χ3v) is 3.51. The van der Waals surface area contributed by atoms with Crippen molar-refractivity contribution < 1.29 is 4.74 Å². The lowest BCUT2D eigenvalue weighted by Gasteiger charge is -2.24. The molecular formula is C15H20N2O. The van der Waals surface area contributed by atoms with E-state index in [0.29, 0.717) is 6.54 Å². The summed E-state index contributed by atoms with van der Waals surface area (Å²) >= 11 is 0. The van der Waals surface area contributed by atoms with Crippen LogP contribution in [0.4, 0.5) is 0 Å². The van der Waals surface area contributed by atoms with E-state index in [1.165, 1.54) is 0 Å². The lowest BCUT2D eigenvalue weighted by atomic mass is 9.99. The van der Waals surface area contributed by atoms with Crippen LogP contribution < -0.4 is 5.32 Å². The molecule has 3 nitrogen and oxygen atoms in total. The predicted octanol–water partition coefficient (Wildman–Crippen LogP) is 2.45. The van der Waals surface area contributed by atoms with Crippen LogP contribution in [-0.2, 0) is 4.74 Å². The fraction of sp³-hybridized carbons (Fsp3) is 0.533. The molecule has 0 spiro atoms. The molecule has 18 heavy (non-hydrogen) atoms. The maximum absolute atomic E-state index is 9.21. The monoisotopic (exact) mass is 244 g/mol. The summed E-state index contributed by atoms with van der Waals surface area (Å²) < 4.78 is 5.72. The number of benzene rings is 1. The van der Waals surface area contributed by atoms with Crippen molar-refractivity contribution in [3.8, 4) is 6.07 Å². The number of ether oxygens (including phenoxy) is 1. The lowest BCUT2D eigenvalue weighted by Crippen LogP contribution is -2.38. The summed E-state index contributed by atoms with van der Waals surface area (Å²) in [6, 6.07) is 12.3. The van der Waals surface area contributed by atoms with Crippen LogP contribution in [-0.4, -0.2) is 25.3 Å². The maximum Gasteiger partial charge on any atom is 0.0837 e. The largest absolute Gasteiger partial charge is 0.374 e. The van der Waals surface area contributed by atoms with E-state index < -0.39 is 0 Å². The standard InChI is InChI=1S/C15H20N2O/c1-15(8-5-9-18-15)12-17-11-14(10-16)13-6-3-2-4-7-13/h2-4,6-7,14,17H,5,8-9,11-12H2,1H3. The van der Waals surface area contributed by atoms with Gasteiger partial charge in [-0.1, -0.05) is 30.3 Å². The molecule has 2 atom stereocenters. The first-order valence-corrected chi connectivity index (χ1v) is 6.53. The molecule has 1 aromatic rings. The van der Waals surface area contributed by atoms with Crippen LogP contribution in [0.25, 0.3) is 0 Å². The number of nitrogens with zero attached hydrogens (tertiary/aromatic N) is 1. The molecule has 2 unspecified atom stereocenters. The van der Waals surface area contributed by atoms with E-state index in [1.807, 2.05) is 30.3 Å². The van der Waals surface area contributed by atoms with Crippen LogP contribution in [0.15, 0.2) is 30.3 Å². The molecule has 1 aromatic carbocycles. The highest BCUT2D eigenvalue weighted by Gasteiger charge is 2.29. The minimum atomic E-state index is -0.0868. The van der Waals surface area contributed by atoms with Crippen LogP contribution in [0.3, 0.4) is 0 Å². The molecule has 1 aliphatic rings. The average Bonchev–Trinajstić information content (AvgIpc) is 2.83. The van der Waals surface area contributed by atoms with Gasteiger partial charge < -0.3 is 10.1 Å². The fourth-order valence-corrected chi connectivity index (χ4v) is 2.38. The summed E-state index contributed by atoms with van der Waals surface area (Å²) in [5, 5.41) is 12.6. The van der Waals surface area contributed by atoms with E-state index in [2.05, 4.69) is 18.3 Å². The van der Waals surface area contributed by atoms with Crippen LogP contribution in [0.2, 0.25) is 0 Å². The van der Waals surface area contributed by atoms with E-state index >= 15 is 0 Å². The Kier molecular flexibility index (Phi) is 4.35. The summed E-state index contributed by atoms with van der Waals surface area (Å²) in [6.45, 7) is 4.49. The van der Waals surface area contributed by atoms with Gasteiger partial charge in [-0.15, -0.1) is 0 Å². The Balaban J connectivity index is 1.83. The number of rotatable bonds is 5. The van der Waals surface area contributed by atoms with Crippen LogP contribution in [0, 0.1) is 11.3 Å². The number of hydrogen-bond donors (Lipinski definition) is 1. The van der Waals surface area contributed by atoms with Crippen LogP contribution in [0.1, 0.15) is 31.2 Å². The Morgan fingerprint density at radius 3 is 2.83 bits per heavy atom. The maximum atomic E-state index is 9.21. The molecule has 1 heterocycles. The SMILES string of the molecule is CC1(CNCC(C#N)c2ccccc2)CCCO1. The van der Waals surface area contributed by atoms with Gasteiger partial charge in [0.15, 0.2) is 0 Å². The lowest BCUT2D eigenvalue weighted by molar-refractivity contribution is 0.0210. The topological polar surface area (TPSA) is 45.0 Å². The first-order chi connectivity index (χ1) is 8.73. The van der Waals surface area contributed by atoms with Crippen molar-refractivity contribution in [2.24, 2.45) is 0 Å². The fourth-order valence-electron chi connectivity index (χ4n) is 2.38. The molecule has 0 saturated carbocycles. The van der Waals surface area contributed by atoms with Crippen LogP contribution in [0.5, 0.6) is 0 Å². The molecule has 0 aliphatic carbocycles. The minimum Gasteiger partial charge on any atom is -0.374 e. The molecule has 2 rings (SSSR count). The summed E-state index contributed by atoms with van der Waals surface area (Å²) in [7, 11) is 0. The second-order valence-electron chi connectivity index (χ2n) is 5.13. The van der Waals surface area contributed by atoms with Crippen molar-refractivity contribution in [3.63, 3.8) is 0 Å². The highest BCUT2D eigenvalue weighted by Crippen LogP contribution is 2.24. The molecule has 0 amide bonds. The number of nitrogens with one attached hydrogen (secondary N) is 1. The Hall–Kier alpha value is -1.37. The van der Waals surface area contributed by atoms with Crippen molar-refractivity contribution in [2.75, 3.05) is 19.7 Å². The van der Waals surface area contributed by atoms with Crippen molar-refractivity contribution in [2.45, 2.75) is 31.3 Å². The van der Waals surface area contributed by atoms with E-state index in [4.69, 9.17) is 4.74 Å². The Morgan fingerprint density at radius 2 is 2.22 bits per heavy atom. The van der Waals surface area contributed by atoms with E-state index in [1.54, 1.807) is 0 Å². The van der Waals surface area contributed by atoms with Gasteiger partial charge in [0.2, 0.25) is 0 Å². The molecular weight excluding hydrogens is 224 g/mol. The molecule has 96 valence electrons. The summed E-state index contributed by atoms with van der Waals surface area (Å²) in [4.78, 5) is 0. The average molecular weight is 244 g/mol. The van der Waals surface area contributed by atoms with Gasteiger partial charge in [-0.2, -0.15) is 5.26 Å².